The summed E-state index contributed by atoms with van der Waals surface area (Å²) in [5, 5.41) is 8.96. The molecule has 0 atom stereocenters. The number of carbonyl (C=O) groups is 1. The van der Waals surface area contributed by atoms with E-state index in [1.807, 2.05) is 12.1 Å². The minimum absolute atomic E-state index is 0.0681. The van der Waals surface area contributed by atoms with Gasteiger partial charge in [-0.05, 0) is 24.3 Å². The SMILES string of the molecule is COc1ccc(Br)cc1Cn1cc(C(=O)O)ccc1=O. The van der Waals surface area contributed by atoms with E-state index in [4.69, 9.17) is 9.84 Å². The van der Waals surface area contributed by atoms with Crippen molar-refractivity contribution in [3.05, 3.63) is 62.5 Å². The quantitative estimate of drug-likeness (QED) is 0.929. The summed E-state index contributed by atoms with van der Waals surface area (Å²) >= 11 is 3.36. The number of carboxylic acid groups (broad SMARTS) is 1. The molecule has 0 amide bonds. The number of hydrogen-bond donors (Lipinski definition) is 1. The molecule has 0 saturated carbocycles. The van der Waals surface area contributed by atoms with E-state index < -0.39 is 5.97 Å². The number of halogens is 1. The molecule has 20 heavy (non-hydrogen) atoms. The molecule has 0 saturated heterocycles. The van der Waals surface area contributed by atoms with Crippen LogP contribution in [0.4, 0.5) is 0 Å². The molecule has 0 bridgehead atoms. The summed E-state index contributed by atoms with van der Waals surface area (Å²) in [6.07, 6.45) is 1.32. The van der Waals surface area contributed by atoms with Gasteiger partial charge in [0.25, 0.3) is 5.56 Å². The molecule has 0 radical (unpaired) electrons. The predicted molar refractivity (Wildman–Crippen MR) is 77.5 cm³/mol. The standard InChI is InChI=1S/C14H12BrNO4/c1-20-12-4-3-11(15)6-10(12)8-16-7-9(14(18)19)2-5-13(16)17/h2-7H,8H2,1H3,(H,18,19). The highest BCUT2D eigenvalue weighted by molar-refractivity contribution is 9.10. The number of methoxy groups -OCH3 is 1. The summed E-state index contributed by atoms with van der Waals surface area (Å²) in [4.78, 5) is 22.7. The van der Waals surface area contributed by atoms with Crippen LogP contribution in [0, 0.1) is 0 Å². The normalized spacial score (nSPS) is 10.3. The first-order chi connectivity index (χ1) is 9.51. The average molecular weight is 338 g/mol. The first kappa shape index (κ1) is 14.3. The van der Waals surface area contributed by atoms with Gasteiger partial charge in [-0.1, -0.05) is 15.9 Å². The van der Waals surface area contributed by atoms with E-state index in [2.05, 4.69) is 15.9 Å². The summed E-state index contributed by atoms with van der Waals surface area (Å²) in [6.45, 7) is 0.239. The lowest BCUT2D eigenvalue weighted by molar-refractivity contribution is 0.0696. The van der Waals surface area contributed by atoms with Gasteiger partial charge in [-0.15, -0.1) is 0 Å². The van der Waals surface area contributed by atoms with Crippen LogP contribution in [0.15, 0.2) is 45.8 Å². The van der Waals surface area contributed by atoms with Crippen molar-refractivity contribution in [2.24, 2.45) is 0 Å². The topological polar surface area (TPSA) is 68.5 Å². The molecule has 1 aromatic carbocycles. The van der Waals surface area contributed by atoms with Gasteiger partial charge in [0.2, 0.25) is 0 Å². The van der Waals surface area contributed by atoms with Crippen molar-refractivity contribution in [3.63, 3.8) is 0 Å². The fraction of sp³-hybridized carbons (Fsp3) is 0.143. The summed E-state index contributed by atoms with van der Waals surface area (Å²) in [5.41, 5.74) is 0.585. The average Bonchev–Trinajstić information content (AvgIpc) is 2.41. The molecular formula is C14H12BrNO4. The van der Waals surface area contributed by atoms with Crippen molar-refractivity contribution >= 4 is 21.9 Å². The fourth-order valence-corrected chi connectivity index (χ4v) is 2.24. The third-order valence-corrected chi connectivity index (χ3v) is 3.31. The van der Waals surface area contributed by atoms with Crippen molar-refractivity contribution < 1.29 is 14.6 Å². The maximum absolute atomic E-state index is 11.8. The van der Waals surface area contributed by atoms with Gasteiger partial charge in [-0.3, -0.25) is 4.79 Å². The van der Waals surface area contributed by atoms with Crippen molar-refractivity contribution in [2.75, 3.05) is 7.11 Å². The number of aromatic nitrogens is 1. The molecule has 0 fully saturated rings. The van der Waals surface area contributed by atoms with Crippen LogP contribution < -0.4 is 10.3 Å². The van der Waals surface area contributed by atoms with Crippen LogP contribution >= 0.6 is 15.9 Å². The van der Waals surface area contributed by atoms with E-state index in [0.29, 0.717) is 5.75 Å². The third kappa shape index (κ3) is 3.08. The highest BCUT2D eigenvalue weighted by Crippen LogP contribution is 2.23. The highest BCUT2D eigenvalue weighted by Gasteiger charge is 2.09. The molecule has 1 N–H and O–H groups in total. The molecule has 0 unspecified atom stereocenters. The molecule has 0 aliphatic carbocycles. The van der Waals surface area contributed by atoms with Crippen LogP contribution in [0.5, 0.6) is 5.75 Å². The molecule has 5 nitrogen and oxygen atoms in total. The number of hydrogen-bond acceptors (Lipinski definition) is 3. The number of rotatable bonds is 4. The Kier molecular flexibility index (Phi) is 4.24. The molecule has 1 aromatic heterocycles. The van der Waals surface area contributed by atoms with Gasteiger partial charge >= 0.3 is 5.97 Å². The number of carboxylic acids is 1. The van der Waals surface area contributed by atoms with Crippen molar-refractivity contribution in [1.82, 2.24) is 4.57 Å². The second-order valence-electron chi connectivity index (χ2n) is 4.15. The van der Waals surface area contributed by atoms with Gasteiger partial charge in [-0.25, -0.2) is 4.79 Å². The number of nitrogens with zero attached hydrogens (tertiary/aromatic N) is 1. The monoisotopic (exact) mass is 337 g/mol. The van der Waals surface area contributed by atoms with Gasteiger partial charge in [0.15, 0.2) is 0 Å². The molecule has 0 aliphatic heterocycles. The maximum atomic E-state index is 11.8. The largest absolute Gasteiger partial charge is 0.496 e. The fourth-order valence-electron chi connectivity index (χ4n) is 1.84. The second kappa shape index (κ2) is 5.92. The Morgan fingerprint density at radius 3 is 2.75 bits per heavy atom. The molecular weight excluding hydrogens is 326 g/mol. The van der Waals surface area contributed by atoms with Gasteiger partial charge in [0.1, 0.15) is 5.75 Å². The third-order valence-electron chi connectivity index (χ3n) is 2.81. The Hall–Kier alpha value is -2.08. The summed E-state index contributed by atoms with van der Waals surface area (Å²) in [5.74, 6) is -0.430. The van der Waals surface area contributed by atoms with Crippen molar-refractivity contribution in [1.29, 1.82) is 0 Å². The maximum Gasteiger partial charge on any atom is 0.337 e. The molecule has 6 heteroatoms. The van der Waals surface area contributed by atoms with E-state index in [0.717, 1.165) is 10.0 Å². The first-order valence-corrected chi connectivity index (χ1v) is 6.57. The first-order valence-electron chi connectivity index (χ1n) is 5.77. The number of ether oxygens (including phenoxy) is 1. The van der Waals surface area contributed by atoms with Crippen molar-refractivity contribution in [2.45, 2.75) is 6.54 Å². The smallest absolute Gasteiger partial charge is 0.337 e. The minimum atomic E-state index is -1.07. The lowest BCUT2D eigenvalue weighted by atomic mass is 10.2. The Labute approximate surface area is 123 Å². The summed E-state index contributed by atoms with van der Waals surface area (Å²) in [6, 6.07) is 7.98. The number of aromatic carboxylic acids is 1. The van der Waals surface area contributed by atoms with Crippen LogP contribution in [0.25, 0.3) is 0 Å². The van der Waals surface area contributed by atoms with Gasteiger partial charge < -0.3 is 14.4 Å². The predicted octanol–water partition coefficient (Wildman–Crippen LogP) is 2.37. The Bertz CT molecular complexity index is 709. The lowest BCUT2D eigenvalue weighted by Gasteiger charge is -2.11. The van der Waals surface area contributed by atoms with Crippen LogP contribution in [-0.2, 0) is 6.54 Å². The zero-order chi connectivity index (χ0) is 14.7. The van der Waals surface area contributed by atoms with Gasteiger partial charge in [-0.2, -0.15) is 0 Å². The van der Waals surface area contributed by atoms with Crippen LogP contribution in [0.1, 0.15) is 15.9 Å². The second-order valence-corrected chi connectivity index (χ2v) is 5.06. The number of benzene rings is 1. The van der Waals surface area contributed by atoms with E-state index in [1.54, 1.807) is 13.2 Å². The highest BCUT2D eigenvalue weighted by atomic mass is 79.9. The molecule has 1 heterocycles. The summed E-state index contributed by atoms with van der Waals surface area (Å²) < 4.78 is 7.44. The lowest BCUT2D eigenvalue weighted by Crippen LogP contribution is -2.21. The van der Waals surface area contributed by atoms with E-state index in [9.17, 15) is 9.59 Å². The van der Waals surface area contributed by atoms with Gasteiger partial charge in [0.05, 0.1) is 19.2 Å². The number of pyridine rings is 1. The molecule has 0 spiro atoms. The van der Waals surface area contributed by atoms with E-state index in [-0.39, 0.29) is 17.7 Å². The van der Waals surface area contributed by atoms with Crippen molar-refractivity contribution in [3.8, 4) is 5.75 Å². The van der Waals surface area contributed by atoms with Crippen LogP contribution in [-0.4, -0.2) is 22.8 Å². The Balaban J connectivity index is 2.44. The molecule has 2 rings (SSSR count). The van der Waals surface area contributed by atoms with E-state index >= 15 is 0 Å². The van der Waals surface area contributed by atoms with Crippen LogP contribution in [0.2, 0.25) is 0 Å². The Morgan fingerprint density at radius 2 is 2.10 bits per heavy atom. The van der Waals surface area contributed by atoms with Crippen LogP contribution in [0.3, 0.4) is 0 Å². The molecule has 0 aliphatic rings. The minimum Gasteiger partial charge on any atom is -0.496 e. The molecule has 104 valence electrons. The zero-order valence-corrected chi connectivity index (χ0v) is 12.3. The van der Waals surface area contributed by atoms with Gasteiger partial charge in [0, 0.05) is 22.3 Å². The van der Waals surface area contributed by atoms with E-state index in [1.165, 1.54) is 22.9 Å². The Morgan fingerprint density at radius 1 is 1.35 bits per heavy atom. The zero-order valence-electron chi connectivity index (χ0n) is 10.7. The summed E-state index contributed by atoms with van der Waals surface area (Å²) in [7, 11) is 1.54. The molecule has 2 aromatic rings.